The molecule has 15 heavy (non-hydrogen) atoms. The molecule has 0 aliphatic carbocycles. The van der Waals surface area contributed by atoms with Crippen LogP contribution in [0.2, 0.25) is 5.02 Å². The molecular weight excluding hydrogens is 237 g/mol. The highest BCUT2D eigenvalue weighted by Crippen LogP contribution is 2.19. The second kappa shape index (κ2) is 4.09. The summed E-state index contributed by atoms with van der Waals surface area (Å²) in [5.41, 5.74) is -1.72. The Labute approximate surface area is 86.3 Å². The van der Waals surface area contributed by atoms with Crippen molar-refractivity contribution in [3.8, 4) is 0 Å². The quantitative estimate of drug-likeness (QED) is 0.846. The molecule has 0 unspecified atom stereocenters. The highest BCUT2D eigenvalue weighted by molar-refractivity contribution is 6.30. The van der Waals surface area contributed by atoms with Gasteiger partial charge in [0.1, 0.15) is 5.02 Å². The molecule has 0 atom stereocenters. The number of hydrogen-bond acceptors (Lipinski definition) is 2. The van der Waals surface area contributed by atoms with Gasteiger partial charge in [0.2, 0.25) is 0 Å². The van der Waals surface area contributed by atoms with Crippen LogP contribution < -0.4 is 11.2 Å². The Bertz CT molecular complexity index is 463. The van der Waals surface area contributed by atoms with Gasteiger partial charge in [-0.05, 0) is 0 Å². The minimum absolute atomic E-state index is 0.322. The lowest BCUT2D eigenvalue weighted by Gasteiger charge is -2.07. The van der Waals surface area contributed by atoms with Crippen molar-refractivity contribution >= 4 is 11.6 Å². The zero-order valence-corrected chi connectivity index (χ0v) is 8.02. The number of alkyl halides is 3. The molecule has 84 valence electrons. The number of aryl methyl sites for hydroxylation is 1. The van der Waals surface area contributed by atoms with Gasteiger partial charge in [0.15, 0.2) is 0 Å². The minimum Gasteiger partial charge on any atom is -0.299 e. The Hall–Kier alpha value is -1.24. The predicted molar refractivity (Wildman–Crippen MR) is 47.0 cm³/mol. The standard InChI is InChI=1S/C7H6ClF3N2O2/c8-4-3-13(2-1-7(9,10)11)6(15)12-5(4)14/h3H,1-2H2,(H,12,14,15). The summed E-state index contributed by atoms with van der Waals surface area (Å²) in [4.78, 5) is 23.6. The molecule has 1 aromatic heterocycles. The Balaban J connectivity index is 2.92. The van der Waals surface area contributed by atoms with E-state index in [2.05, 4.69) is 0 Å². The zero-order valence-electron chi connectivity index (χ0n) is 7.27. The fourth-order valence-corrected chi connectivity index (χ4v) is 1.06. The summed E-state index contributed by atoms with van der Waals surface area (Å²) in [7, 11) is 0. The maximum Gasteiger partial charge on any atom is 0.390 e. The molecule has 0 aromatic carbocycles. The van der Waals surface area contributed by atoms with Crippen LogP contribution in [0.3, 0.4) is 0 Å². The number of nitrogens with zero attached hydrogens (tertiary/aromatic N) is 1. The summed E-state index contributed by atoms with van der Waals surface area (Å²) in [5.74, 6) is 0. The highest BCUT2D eigenvalue weighted by atomic mass is 35.5. The second-order valence-corrected chi connectivity index (χ2v) is 3.20. The molecule has 8 heteroatoms. The smallest absolute Gasteiger partial charge is 0.299 e. The molecule has 0 amide bonds. The molecule has 1 aromatic rings. The summed E-state index contributed by atoms with van der Waals surface area (Å²) in [6.45, 7) is -0.571. The second-order valence-electron chi connectivity index (χ2n) is 2.79. The van der Waals surface area contributed by atoms with Gasteiger partial charge >= 0.3 is 11.9 Å². The van der Waals surface area contributed by atoms with E-state index in [4.69, 9.17) is 11.6 Å². The van der Waals surface area contributed by atoms with Gasteiger partial charge in [-0.2, -0.15) is 13.2 Å². The van der Waals surface area contributed by atoms with Crippen molar-refractivity contribution in [1.82, 2.24) is 9.55 Å². The molecular formula is C7H6ClF3N2O2. The van der Waals surface area contributed by atoms with Crippen molar-refractivity contribution in [3.05, 3.63) is 32.1 Å². The maximum atomic E-state index is 11.8. The van der Waals surface area contributed by atoms with Crippen LogP contribution in [0, 0.1) is 0 Å². The Morgan fingerprint density at radius 2 is 2.00 bits per heavy atom. The fourth-order valence-electron chi connectivity index (χ4n) is 0.896. The summed E-state index contributed by atoms with van der Waals surface area (Å²) < 4.78 is 36.2. The molecule has 0 bridgehead atoms. The molecule has 4 nitrogen and oxygen atoms in total. The molecule has 0 spiro atoms. The number of aromatic nitrogens is 2. The van der Waals surface area contributed by atoms with E-state index >= 15 is 0 Å². The highest BCUT2D eigenvalue weighted by Gasteiger charge is 2.26. The molecule has 0 saturated heterocycles. The van der Waals surface area contributed by atoms with Crippen LogP contribution in [0.15, 0.2) is 15.8 Å². The van der Waals surface area contributed by atoms with E-state index in [9.17, 15) is 22.8 Å². The van der Waals surface area contributed by atoms with E-state index in [-0.39, 0.29) is 5.02 Å². The first kappa shape index (κ1) is 11.8. The van der Waals surface area contributed by atoms with Crippen LogP contribution in [0.1, 0.15) is 6.42 Å². The van der Waals surface area contributed by atoms with Gasteiger partial charge in [-0.25, -0.2) is 4.79 Å². The third-order valence-electron chi connectivity index (χ3n) is 1.60. The van der Waals surface area contributed by atoms with Crippen molar-refractivity contribution in [1.29, 1.82) is 0 Å². The van der Waals surface area contributed by atoms with Crippen molar-refractivity contribution < 1.29 is 13.2 Å². The summed E-state index contributed by atoms with van der Waals surface area (Å²) in [6, 6.07) is 0. The van der Waals surface area contributed by atoms with Crippen LogP contribution in [0.5, 0.6) is 0 Å². The number of H-pyrrole nitrogens is 1. The first-order valence-corrected chi connectivity index (χ1v) is 4.23. The average Bonchev–Trinajstić information content (AvgIpc) is 2.07. The molecule has 0 fully saturated rings. The lowest BCUT2D eigenvalue weighted by molar-refractivity contribution is -0.136. The molecule has 0 aliphatic heterocycles. The number of halogens is 4. The SMILES string of the molecule is O=c1[nH]c(=O)n(CCC(F)(F)F)cc1Cl. The molecule has 0 radical (unpaired) electrons. The first-order valence-electron chi connectivity index (χ1n) is 3.85. The van der Waals surface area contributed by atoms with E-state index < -0.39 is 30.4 Å². The zero-order chi connectivity index (χ0) is 11.6. The number of hydrogen-bond donors (Lipinski definition) is 1. The van der Waals surface area contributed by atoms with Crippen molar-refractivity contribution in [2.75, 3.05) is 0 Å². The largest absolute Gasteiger partial charge is 0.390 e. The number of nitrogens with one attached hydrogen (secondary N) is 1. The van der Waals surface area contributed by atoms with Gasteiger partial charge < -0.3 is 0 Å². The third-order valence-corrected chi connectivity index (χ3v) is 1.87. The van der Waals surface area contributed by atoms with E-state index in [1.807, 2.05) is 0 Å². The maximum absolute atomic E-state index is 11.8. The third kappa shape index (κ3) is 3.43. The van der Waals surface area contributed by atoms with Crippen LogP contribution in [0.4, 0.5) is 13.2 Å². The predicted octanol–water partition coefficient (Wildman–Crippen LogP) is 1.14. The Morgan fingerprint density at radius 3 is 2.53 bits per heavy atom. The van der Waals surface area contributed by atoms with Crippen molar-refractivity contribution in [3.63, 3.8) is 0 Å². The van der Waals surface area contributed by atoms with Gasteiger partial charge in [0.25, 0.3) is 5.56 Å². The lowest BCUT2D eigenvalue weighted by Crippen LogP contribution is -2.30. The molecule has 0 aliphatic rings. The molecule has 0 saturated carbocycles. The molecule has 1 rings (SSSR count). The van der Waals surface area contributed by atoms with Gasteiger partial charge in [-0.1, -0.05) is 11.6 Å². The van der Waals surface area contributed by atoms with Crippen molar-refractivity contribution in [2.24, 2.45) is 0 Å². The van der Waals surface area contributed by atoms with E-state index in [1.165, 1.54) is 0 Å². The molecule has 1 heterocycles. The van der Waals surface area contributed by atoms with Gasteiger partial charge in [-0.15, -0.1) is 0 Å². The normalized spacial score (nSPS) is 11.7. The summed E-state index contributed by atoms with van der Waals surface area (Å²) in [6.07, 6.45) is -4.63. The van der Waals surface area contributed by atoms with E-state index in [0.717, 1.165) is 6.20 Å². The van der Waals surface area contributed by atoms with E-state index in [0.29, 0.717) is 4.57 Å². The van der Waals surface area contributed by atoms with Gasteiger partial charge in [0, 0.05) is 12.7 Å². The Kier molecular flexibility index (Phi) is 3.23. The van der Waals surface area contributed by atoms with Crippen LogP contribution in [-0.4, -0.2) is 15.7 Å². The van der Waals surface area contributed by atoms with Crippen molar-refractivity contribution in [2.45, 2.75) is 19.1 Å². The minimum atomic E-state index is -4.36. The fraction of sp³-hybridized carbons (Fsp3) is 0.429. The summed E-state index contributed by atoms with van der Waals surface area (Å²) in [5, 5.41) is -0.322. The van der Waals surface area contributed by atoms with Crippen LogP contribution in [-0.2, 0) is 6.54 Å². The summed E-state index contributed by atoms with van der Waals surface area (Å²) >= 11 is 5.35. The lowest BCUT2D eigenvalue weighted by atomic mass is 10.4. The van der Waals surface area contributed by atoms with Crippen LogP contribution in [0.25, 0.3) is 0 Å². The topological polar surface area (TPSA) is 54.9 Å². The molecule has 1 N–H and O–H groups in total. The van der Waals surface area contributed by atoms with Gasteiger partial charge in [0.05, 0.1) is 6.42 Å². The number of aromatic amines is 1. The van der Waals surface area contributed by atoms with Crippen LogP contribution >= 0.6 is 11.6 Å². The average molecular weight is 243 g/mol. The van der Waals surface area contributed by atoms with E-state index in [1.54, 1.807) is 4.98 Å². The monoisotopic (exact) mass is 242 g/mol. The van der Waals surface area contributed by atoms with Gasteiger partial charge in [-0.3, -0.25) is 14.3 Å². The number of rotatable bonds is 2. The Morgan fingerprint density at radius 1 is 1.40 bits per heavy atom. The first-order chi connectivity index (χ1) is 6.79.